The molecule has 0 aromatic carbocycles. The average Bonchev–Trinajstić information content (AvgIpc) is 2.16. The highest BCUT2D eigenvalue weighted by Crippen LogP contribution is 2.31. The molecule has 15 heavy (non-hydrogen) atoms. The molecule has 5 heteroatoms. The summed E-state index contributed by atoms with van der Waals surface area (Å²) in [5.41, 5.74) is 0.822. The molecule has 0 heterocycles. The van der Waals surface area contributed by atoms with E-state index >= 15 is 0 Å². The molecule has 80 valence electrons. The Morgan fingerprint density at radius 2 is 2.13 bits per heavy atom. The fraction of sp³-hybridized carbons (Fsp3) is 0.300. The van der Waals surface area contributed by atoms with E-state index in [0.717, 1.165) is 0 Å². The monoisotopic (exact) mass is 226 g/mol. The first-order valence-electron chi connectivity index (χ1n) is 4.59. The molecule has 1 N–H and O–H groups in total. The predicted molar refractivity (Wildman–Crippen MR) is 54.9 cm³/mol. The van der Waals surface area contributed by atoms with Crippen LogP contribution in [-0.2, 0) is 14.9 Å². The molecular formula is C10H10O4S. The van der Waals surface area contributed by atoms with E-state index in [2.05, 4.69) is 0 Å². The summed E-state index contributed by atoms with van der Waals surface area (Å²) < 4.78 is 31.2. The van der Waals surface area contributed by atoms with Crippen molar-refractivity contribution < 1.29 is 17.8 Å². The molecule has 0 saturated carbocycles. The molecule has 2 aliphatic rings. The maximum atomic E-state index is 11.4. The summed E-state index contributed by atoms with van der Waals surface area (Å²) in [5, 5.41) is -0.952. The minimum atomic E-state index is -4.11. The van der Waals surface area contributed by atoms with Crippen LogP contribution >= 0.6 is 0 Å². The first-order chi connectivity index (χ1) is 7.00. The molecule has 0 radical (unpaired) electrons. The van der Waals surface area contributed by atoms with Gasteiger partial charge in [0.2, 0.25) is 0 Å². The van der Waals surface area contributed by atoms with E-state index in [-0.39, 0.29) is 5.78 Å². The second kappa shape index (κ2) is 3.43. The number of ketones is 1. The van der Waals surface area contributed by atoms with Gasteiger partial charge in [-0.3, -0.25) is 9.35 Å². The zero-order valence-electron chi connectivity index (χ0n) is 7.88. The van der Waals surface area contributed by atoms with Gasteiger partial charge in [-0.15, -0.1) is 0 Å². The van der Waals surface area contributed by atoms with E-state index in [1.54, 1.807) is 12.2 Å². The summed E-state index contributed by atoms with van der Waals surface area (Å²) in [5.74, 6) is -0.194. The first kappa shape index (κ1) is 10.3. The average molecular weight is 226 g/mol. The highest BCUT2D eigenvalue weighted by Gasteiger charge is 2.33. The molecule has 2 rings (SSSR count). The Morgan fingerprint density at radius 1 is 1.40 bits per heavy atom. The van der Waals surface area contributed by atoms with Gasteiger partial charge in [0, 0.05) is 5.57 Å². The van der Waals surface area contributed by atoms with E-state index in [4.69, 9.17) is 4.55 Å². The van der Waals surface area contributed by atoms with Gasteiger partial charge in [-0.1, -0.05) is 18.2 Å². The van der Waals surface area contributed by atoms with E-state index in [0.29, 0.717) is 24.0 Å². The molecule has 0 aliphatic heterocycles. The van der Waals surface area contributed by atoms with Crippen molar-refractivity contribution in [3.05, 3.63) is 35.5 Å². The Kier molecular flexibility index (Phi) is 2.36. The van der Waals surface area contributed by atoms with Crippen LogP contribution in [0.25, 0.3) is 0 Å². The molecule has 0 bridgehead atoms. The van der Waals surface area contributed by atoms with E-state index < -0.39 is 15.4 Å². The third-order valence-electron chi connectivity index (χ3n) is 2.58. The third-order valence-corrected chi connectivity index (χ3v) is 3.79. The Bertz CT molecular complexity index is 494. The molecule has 0 saturated heterocycles. The van der Waals surface area contributed by atoms with Crippen molar-refractivity contribution in [3.63, 3.8) is 0 Å². The second-order valence-corrected chi connectivity index (χ2v) is 5.14. The number of fused-ring (bicyclic) bond motifs is 1. The summed E-state index contributed by atoms with van der Waals surface area (Å²) in [6.07, 6.45) is 7.02. The van der Waals surface area contributed by atoms with Gasteiger partial charge < -0.3 is 0 Å². The van der Waals surface area contributed by atoms with Crippen LogP contribution in [0, 0.1) is 0 Å². The van der Waals surface area contributed by atoms with Gasteiger partial charge in [0.25, 0.3) is 10.1 Å². The zero-order valence-corrected chi connectivity index (χ0v) is 8.70. The topological polar surface area (TPSA) is 71.4 Å². The summed E-state index contributed by atoms with van der Waals surface area (Å²) in [4.78, 5) is 11.4. The largest absolute Gasteiger partial charge is 0.289 e. The highest BCUT2D eigenvalue weighted by atomic mass is 32.2. The third kappa shape index (κ3) is 1.80. The lowest BCUT2D eigenvalue weighted by atomic mass is 9.87. The Balaban J connectivity index is 2.50. The van der Waals surface area contributed by atoms with Crippen LogP contribution in [0.3, 0.4) is 0 Å². The Morgan fingerprint density at radius 3 is 2.80 bits per heavy atom. The van der Waals surface area contributed by atoms with E-state index in [1.165, 1.54) is 12.2 Å². The summed E-state index contributed by atoms with van der Waals surface area (Å²) in [6.45, 7) is 0. The molecule has 1 unspecified atom stereocenters. The van der Waals surface area contributed by atoms with Gasteiger partial charge in [0.05, 0.1) is 0 Å². The number of hydrogen-bond acceptors (Lipinski definition) is 3. The molecule has 0 amide bonds. The van der Waals surface area contributed by atoms with Crippen LogP contribution in [0.1, 0.15) is 12.8 Å². The Hall–Kier alpha value is -1.20. The van der Waals surface area contributed by atoms with Gasteiger partial charge in [-0.25, -0.2) is 0 Å². The minimum Gasteiger partial charge on any atom is -0.289 e. The van der Waals surface area contributed by atoms with Crippen molar-refractivity contribution in [1.82, 2.24) is 0 Å². The number of rotatable bonds is 1. The normalized spacial score (nSPS) is 25.7. The van der Waals surface area contributed by atoms with Crippen molar-refractivity contribution in [2.24, 2.45) is 0 Å². The van der Waals surface area contributed by atoms with Gasteiger partial charge in [0.1, 0.15) is 5.25 Å². The lowest BCUT2D eigenvalue weighted by Gasteiger charge is -2.24. The smallest absolute Gasteiger partial charge is 0.272 e. The van der Waals surface area contributed by atoms with Crippen LogP contribution in [0.15, 0.2) is 35.5 Å². The fourth-order valence-electron chi connectivity index (χ4n) is 1.90. The lowest BCUT2D eigenvalue weighted by molar-refractivity contribution is -0.111. The minimum absolute atomic E-state index is 0.194. The zero-order chi connectivity index (χ0) is 11.1. The van der Waals surface area contributed by atoms with E-state index in [9.17, 15) is 13.2 Å². The first-order valence-corrected chi connectivity index (χ1v) is 6.10. The van der Waals surface area contributed by atoms with E-state index in [1.807, 2.05) is 0 Å². The fourth-order valence-corrected chi connectivity index (χ4v) is 2.86. The second-order valence-electron chi connectivity index (χ2n) is 3.54. The summed E-state index contributed by atoms with van der Waals surface area (Å²) >= 11 is 0. The van der Waals surface area contributed by atoms with Gasteiger partial charge >= 0.3 is 0 Å². The van der Waals surface area contributed by atoms with Gasteiger partial charge in [-0.2, -0.15) is 8.42 Å². The molecular weight excluding hydrogens is 216 g/mol. The molecule has 1 atom stereocenters. The van der Waals surface area contributed by atoms with Crippen molar-refractivity contribution in [2.75, 3.05) is 0 Å². The summed E-state index contributed by atoms with van der Waals surface area (Å²) in [7, 11) is -4.11. The predicted octanol–water partition coefficient (Wildman–Crippen LogP) is 1.03. The van der Waals surface area contributed by atoms with Crippen molar-refractivity contribution in [3.8, 4) is 0 Å². The Labute approximate surface area is 87.7 Å². The van der Waals surface area contributed by atoms with Crippen LogP contribution in [0.2, 0.25) is 0 Å². The molecule has 0 aromatic heterocycles. The SMILES string of the molecule is O=C1C=CC=C2C1=CCCC2S(=O)(=O)O. The molecule has 2 aliphatic carbocycles. The van der Waals surface area contributed by atoms with Crippen LogP contribution < -0.4 is 0 Å². The van der Waals surface area contributed by atoms with Gasteiger partial charge in [-0.05, 0) is 24.5 Å². The maximum absolute atomic E-state index is 11.4. The standard InChI is InChI=1S/C10H10O4S/c11-9-5-1-4-8-7(9)3-2-6-10(8)15(12,13)14/h1,3-5,10H,2,6H2,(H,12,13,14). The number of hydrogen-bond donors (Lipinski definition) is 1. The summed E-state index contributed by atoms with van der Waals surface area (Å²) in [6, 6.07) is 0. The van der Waals surface area contributed by atoms with Crippen molar-refractivity contribution in [2.45, 2.75) is 18.1 Å². The number of carbonyl (C=O) groups excluding carboxylic acids is 1. The van der Waals surface area contributed by atoms with Crippen LogP contribution in [0.4, 0.5) is 0 Å². The van der Waals surface area contributed by atoms with Gasteiger partial charge in [0.15, 0.2) is 5.78 Å². The quantitative estimate of drug-likeness (QED) is 0.678. The number of carbonyl (C=O) groups is 1. The molecule has 0 aromatic rings. The lowest BCUT2D eigenvalue weighted by Crippen LogP contribution is -2.28. The molecule has 0 spiro atoms. The van der Waals surface area contributed by atoms with Crippen molar-refractivity contribution >= 4 is 15.9 Å². The van der Waals surface area contributed by atoms with Crippen LogP contribution in [-0.4, -0.2) is 24.0 Å². The number of allylic oxidation sites excluding steroid dienone is 5. The molecule has 0 fully saturated rings. The maximum Gasteiger partial charge on any atom is 0.272 e. The highest BCUT2D eigenvalue weighted by molar-refractivity contribution is 7.86. The van der Waals surface area contributed by atoms with Crippen LogP contribution in [0.5, 0.6) is 0 Å². The molecule has 4 nitrogen and oxygen atoms in total. The van der Waals surface area contributed by atoms with Crippen molar-refractivity contribution in [1.29, 1.82) is 0 Å².